The van der Waals surface area contributed by atoms with Gasteiger partial charge in [-0.15, -0.1) is 0 Å². The smallest absolute Gasteiger partial charge is 0.192 e. The average Bonchev–Trinajstić information content (AvgIpc) is 2.93. The summed E-state index contributed by atoms with van der Waals surface area (Å²) in [5.74, 6) is -123. The first-order chi connectivity index (χ1) is 24.2. The minimum absolute atomic E-state index is 0.935. The van der Waals surface area contributed by atoms with E-state index in [2.05, 4.69) is 0 Å². The van der Waals surface area contributed by atoms with Gasteiger partial charge in [0.2, 0.25) is 0 Å². The molecular formula is C17F36O4S. The monoisotopic (exact) mass is 984 g/mol. The number of rotatable bonds is 17. The molecule has 41 heteroatoms. The van der Waals surface area contributed by atoms with Crippen molar-refractivity contribution in [2.45, 2.75) is 102 Å². The number of hydrogen-bond donors (Lipinski definition) is 0. The lowest BCUT2D eigenvalue weighted by molar-refractivity contribution is -0.478. The van der Waals surface area contributed by atoms with Crippen molar-refractivity contribution in [1.29, 1.82) is 0 Å². The molecule has 0 aromatic heterocycles. The van der Waals surface area contributed by atoms with E-state index in [0.29, 0.717) is 0 Å². The van der Waals surface area contributed by atoms with Gasteiger partial charge < -0.3 is 0 Å². The minimum Gasteiger partial charge on any atom is -0.192 e. The molecule has 0 aliphatic heterocycles. The molecule has 0 bridgehead atoms. The van der Waals surface area contributed by atoms with Crippen LogP contribution < -0.4 is 0 Å². The van der Waals surface area contributed by atoms with Gasteiger partial charge in [-0.2, -0.15) is 175 Å². The van der Waals surface area contributed by atoms with Crippen LogP contribution in [-0.4, -0.2) is 110 Å². The summed E-state index contributed by atoms with van der Waals surface area (Å²) in [5, 5.41) is 0. The molecule has 0 N–H and O–H groups in total. The number of halogens is 36. The van der Waals surface area contributed by atoms with E-state index in [1.54, 1.807) is 0 Å². The lowest BCUT2D eigenvalue weighted by Gasteiger charge is -2.43. The topological polar surface area (TPSA) is 52.6 Å². The summed E-state index contributed by atoms with van der Waals surface area (Å²) in [6, 6.07) is 0. The standard InChI is InChI=1S/C17F36O4S/c18-1(19,2(20,21)6(28,29)10(36,37)14(44,45)46)4(24,25)8(32,33)12(40,41)16(50,51)56-58(54,55)57-17(52,53)13(42,43)9(34,35)5(26,27)3(22,23)7(30,31)11(38,39)15(47,48)49. The van der Waals surface area contributed by atoms with Crippen molar-refractivity contribution in [3.05, 3.63) is 0 Å². The molecule has 350 valence electrons. The predicted octanol–water partition coefficient (Wildman–Crippen LogP) is 10.8. The van der Waals surface area contributed by atoms with Gasteiger partial charge in [0.25, 0.3) is 0 Å². The molecule has 0 saturated carbocycles. The molecule has 0 saturated heterocycles. The van der Waals surface area contributed by atoms with Crippen molar-refractivity contribution in [2.24, 2.45) is 0 Å². The fraction of sp³-hybridized carbons (Fsp3) is 1.00. The highest BCUT2D eigenvalue weighted by molar-refractivity contribution is 7.81. The van der Waals surface area contributed by atoms with Crippen LogP contribution in [0.1, 0.15) is 0 Å². The van der Waals surface area contributed by atoms with Gasteiger partial charge in [0.1, 0.15) is 0 Å². The van der Waals surface area contributed by atoms with Crippen molar-refractivity contribution in [3.63, 3.8) is 0 Å². The molecule has 0 amide bonds. The van der Waals surface area contributed by atoms with Gasteiger partial charge in [0, 0.05) is 0 Å². The van der Waals surface area contributed by atoms with Crippen LogP contribution in [0.25, 0.3) is 0 Å². The van der Waals surface area contributed by atoms with Crippen molar-refractivity contribution in [1.82, 2.24) is 0 Å². The van der Waals surface area contributed by atoms with Crippen molar-refractivity contribution in [3.8, 4) is 0 Å². The molecule has 0 radical (unpaired) electrons. The molecule has 0 aliphatic carbocycles. The number of hydrogen-bond acceptors (Lipinski definition) is 4. The fourth-order valence-electron chi connectivity index (χ4n) is 2.87. The molecule has 0 heterocycles. The third-order valence-electron chi connectivity index (χ3n) is 6.19. The average molecular weight is 984 g/mol. The second-order valence-corrected chi connectivity index (χ2v) is 11.2. The molecule has 0 aromatic carbocycles. The normalized spacial score (nSPS) is 17.2. The summed E-state index contributed by atoms with van der Waals surface area (Å²) < 4.78 is 499. The Balaban J connectivity index is 7.27. The van der Waals surface area contributed by atoms with Gasteiger partial charge in [-0.3, -0.25) is 0 Å². The molecule has 0 aromatic rings. The summed E-state index contributed by atoms with van der Waals surface area (Å²) in [7, 11) is -9.40. The first-order valence-electron chi connectivity index (χ1n) is 11.6. The van der Waals surface area contributed by atoms with Gasteiger partial charge >= 0.3 is 112 Å². The predicted molar refractivity (Wildman–Crippen MR) is 97.4 cm³/mol. The Kier molecular flexibility index (Phi) is 12.8. The largest absolute Gasteiger partial charge is 0.460 e. The molecule has 4 nitrogen and oxygen atoms in total. The highest BCUT2D eigenvalue weighted by Crippen LogP contribution is 2.67. The Morgan fingerprint density at radius 3 is 0.466 bits per heavy atom. The summed E-state index contributed by atoms with van der Waals surface area (Å²) in [6.45, 7) is 0. The zero-order valence-electron chi connectivity index (χ0n) is 24.1. The van der Waals surface area contributed by atoms with E-state index in [0.717, 1.165) is 8.37 Å². The van der Waals surface area contributed by atoms with Crippen molar-refractivity contribution < 1.29 is 175 Å². The van der Waals surface area contributed by atoms with Gasteiger partial charge in [0.05, 0.1) is 0 Å². The molecular weight excluding hydrogens is 984 g/mol. The first kappa shape index (κ1) is 55.4. The van der Waals surface area contributed by atoms with Crippen LogP contribution in [0.5, 0.6) is 0 Å². The van der Waals surface area contributed by atoms with Crippen LogP contribution in [0.4, 0.5) is 158 Å². The molecule has 0 unspecified atom stereocenters. The van der Waals surface area contributed by atoms with Crippen LogP contribution in [0.2, 0.25) is 0 Å². The molecule has 58 heavy (non-hydrogen) atoms. The highest BCUT2D eigenvalue weighted by Gasteiger charge is 2.98. The van der Waals surface area contributed by atoms with Crippen LogP contribution in [0, 0.1) is 0 Å². The van der Waals surface area contributed by atoms with E-state index in [1.807, 2.05) is 0 Å². The zero-order valence-corrected chi connectivity index (χ0v) is 25.0. The van der Waals surface area contributed by atoms with Gasteiger partial charge in [-0.05, 0) is 0 Å². The van der Waals surface area contributed by atoms with Gasteiger partial charge in [0.15, 0.2) is 0 Å². The quantitative estimate of drug-likeness (QED) is 0.136. The molecule has 0 atom stereocenters. The van der Waals surface area contributed by atoms with E-state index >= 15 is 0 Å². The lowest BCUT2D eigenvalue weighted by Crippen LogP contribution is -2.76. The SMILES string of the molecule is O=S(=O)(OC(F)(F)C(F)(F)C(F)(F)C(F)(F)C(F)(F)C(F)(F)C(F)(F)C(F)(F)F)OC(F)(F)C(F)(F)C(F)(F)C(F)(F)C(F)(F)C(F)(F)C(F)(F)C(F)(F)C(F)(F)F. The summed E-state index contributed by atoms with van der Waals surface area (Å²) in [4.78, 5) is 0. The van der Waals surface area contributed by atoms with Crippen molar-refractivity contribution in [2.75, 3.05) is 0 Å². The van der Waals surface area contributed by atoms with Gasteiger partial charge in [-0.25, -0.2) is 0 Å². The first-order valence-corrected chi connectivity index (χ1v) is 13.0. The molecule has 0 fully saturated rings. The van der Waals surface area contributed by atoms with Crippen LogP contribution >= 0.6 is 0 Å². The molecule has 0 aliphatic rings. The third kappa shape index (κ3) is 7.02. The van der Waals surface area contributed by atoms with Gasteiger partial charge in [-0.1, -0.05) is 0 Å². The van der Waals surface area contributed by atoms with E-state index < -0.39 is 112 Å². The Morgan fingerprint density at radius 1 is 0.207 bits per heavy atom. The summed E-state index contributed by atoms with van der Waals surface area (Å²) in [6.07, 6.45) is -34.9. The third-order valence-corrected chi connectivity index (χ3v) is 7.02. The van der Waals surface area contributed by atoms with Crippen LogP contribution in [0.15, 0.2) is 0 Å². The lowest BCUT2D eigenvalue weighted by atomic mass is 9.88. The summed E-state index contributed by atoms with van der Waals surface area (Å²) >= 11 is 0. The van der Waals surface area contributed by atoms with E-state index in [4.69, 9.17) is 0 Å². The summed E-state index contributed by atoms with van der Waals surface area (Å²) in [5.41, 5.74) is 0. The van der Waals surface area contributed by atoms with E-state index in [-0.39, 0.29) is 0 Å². The van der Waals surface area contributed by atoms with Crippen LogP contribution in [0.3, 0.4) is 0 Å². The second kappa shape index (κ2) is 13.4. The molecule has 0 rings (SSSR count). The maximum atomic E-state index is 13.7. The molecule has 0 spiro atoms. The Hall–Kier alpha value is -2.65. The Bertz CT molecular complexity index is 1610. The maximum Gasteiger partial charge on any atom is 0.460 e. The van der Waals surface area contributed by atoms with E-state index in [1.165, 1.54) is 0 Å². The highest BCUT2D eigenvalue weighted by atomic mass is 32.3. The van der Waals surface area contributed by atoms with Crippen molar-refractivity contribution >= 4 is 10.4 Å². The Labute approximate surface area is 288 Å². The zero-order chi connectivity index (χ0) is 48.4. The van der Waals surface area contributed by atoms with Crippen LogP contribution in [-0.2, 0) is 18.8 Å². The minimum atomic E-state index is -9.84. The second-order valence-electron chi connectivity index (χ2n) is 10.1. The number of alkyl halides is 36. The maximum absolute atomic E-state index is 13.7. The fourth-order valence-corrected chi connectivity index (χ4v) is 3.63. The Morgan fingerprint density at radius 2 is 0.328 bits per heavy atom. The van der Waals surface area contributed by atoms with E-state index in [9.17, 15) is 166 Å².